The fourth-order valence-corrected chi connectivity index (χ4v) is 4.05. The summed E-state index contributed by atoms with van der Waals surface area (Å²) in [5.41, 5.74) is 6.80. The first kappa shape index (κ1) is 24.0. The molecule has 0 N–H and O–H groups in total. The van der Waals surface area contributed by atoms with Gasteiger partial charge in [0.15, 0.2) is 0 Å². The number of benzene rings is 2. The summed E-state index contributed by atoms with van der Waals surface area (Å²) in [6, 6.07) is 12.9. The van der Waals surface area contributed by atoms with E-state index in [0.717, 1.165) is 11.4 Å². The predicted octanol–water partition coefficient (Wildman–Crippen LogP) is 7.99. The van der Waals surface area contributed by atoms with Crippen molar-refractivity contribution < 1.29 is 9.47 Å². The lowest BCUT2D eigenvalue weighted by molar-refractivity contribution is 0.173. The van der Waals surface area contributed by atoms with Crippen molar-refractivity contribution in [3.63, 3.8) is 0 Å². The van der Waals surface area contributed by atoms with Crippen LogP contribution in [-0.2, 0) is 9.47 Å². The normalized spacial score (nSPS) is 17.0. The zero-order valence-corrected chi connectivity index (χ0v) is 20.9. The molecule has 1 aliphatic rings. The van der Waals surface area contributed by atoms with Crippen LogP contribution in [0.4, 0.5) is 11.4 Å². The van der Waals surface area contributed by atoms with Gasteiger partial charge in [0.1, 0.15) is 13.2 Å². The molecule has 1 aliphatic heterocycles. The number of rotatable bonds is 6. The van der Waals surface area contributed by atoms with Gasteiger partial charge in [-0.2, -0.15) is 0 Å². The van der Waals surface area contributed by atoms with Crippen LogP contribution < -0.4 is 0 Å². The van der Waals surface area contributed by atoms with Gasteiger partial charge in [-0.15, -0.1) is 0 Å². The molecule has 3 rings (SSSR count). The SMILES string of the molecule is CC(C)c1cccc(C(C)C)c1/N=C1\OCCO\C1=N\c1c(C(C)C)cccc1C(C)C. The zero-order valence-electron chi connectivity index (χ0n) is 20.9. The van der Waals surface area contributed by atoms with Crippen LogP contribution in [0, 0.1) is 0 Å². The molecule has 0 atom stereocenters. The van der Waals surface area contributed by atoms with Crippen molar-refractivity contribution in [3.8, 4) is 0 Å². The van der Waals surface area contributed by atoms with Gasteiger partial charge in [0.2, 0.25) is 0 Å². The monoisotopic (exact) mass is 434 g/mol. The molecular weight excluding hydrogens is 396 g/mol. The number of hydrogen-bond acceptors (Lipinski definition) is 4. The Morgan fingerprint density at radius 3 is 1.06 bits per heavy atom. The van der Waals surface area contributed by atoms with E-state index in [9.17, 15) is 0 Å². The van der Waals surface area contributed by atoms with Crippen LogP contribution in [-0.4, -0.2) is 25.0 Å². The van der Waals surface area contributed by atoms with Crippen molar-refractivity contribution in [3.05, 3.63) is 58.7 Å². The summed E-state index contributed by atoms with van der Waals surface area (Å²) in [4.78, 5) is 10.1. The lowest BCUT2D eigenvalue weighted by Crippen LogP contribution is -2.30. The highest BCUT2D eigenvalue weighted by Gasteiger charge is 2.23. The molecule has 0 spiro atoms. The molecule has 1 saturated heterocycles. The molecule has 32 heavy (non-hydrogen) atoms. The summed E-state index contributed by atoms with van der Waals surface area (Å²) in [6.07, 6.45) is 0. The van der Waals surface area contributed by atoms with Gasteiger partial charge in [-0.05, 0) is 45.9 Å². The molecule has 0 amide bonds. The minimum absolute atomic E-state index is 0.354. The highest BCUT2D eigenvalue weighted by molar-refractivity contribution is 6.36. The van der Waals surface area contributed by atoms with E-state index >= 15 is 0 Å². The minimum atomic E-state index is 0.354. The van der Waals surface area contributed by atoms with Crippen LogP contribution in [0.3, 0.4) is 0 Å². The molecule has 0 unspecified atom stereocenters. The average Bonchev–Trinajstić information content (AvgIpc) is 2.74. The van der Waals surface area contributed by atoms with E-state index in [1.54, 1.807) is 0 Å². The number of hydrogen-bond donors (Lipinski definition) is 0. The molecule has 0 aliphatic carbocycles. The molecule has 2 aromatic rings. The Labute approximate surface area is 193 Å². The van der Waals surface area contributed by atoms with Crippen LogP contribution in [0.25, 0.3) is 0 Å². The quantitative estimate of drug-likeness (QED) is 0.462. The summed E-state index contributed by atoms with van der Waals surface area (Å²) in [6.45, 7) is 18.5. The third-order valence-electron chi connectivity index (χ3n) is 5.86. The largest absolute Gasteiger partial charge is 0.470 e. The fourth-order valence-electron chi connectivity index (χ4n) is 4.05. The highest BCUT2D eigenvalue weighted by Crippen LogP contribution is 2.37. The van der Waals surface area contributed by atoms with Crippen LogP contribution >= 0.6 is 0 Å². The molecule has 2 aromatic carbocycles. The van der Waals surface area contributed by atoms with E-state index in [-0.39, 0.29) is 0 Å². The van der Waals surface area contributed by atoms with Gasteiger partial charge >= 0.3 is 0 Å². The van der Waals surface area contributed by atoms with Crippen molar-refractivity contribution >= 4 is 23.2 Å². The van der Waals surface area contributed by atoms with E-state index in [2.05, 4.69) is 91.8 Å². The van der Waals surface area contributed by atoms with Gasteiger partial charge in [0.25, 0.3) is 11.8 Å². The lowest BCUT2D eigenvalue weighted by Gasteiger charge is -2.22. The molecule has 4 nitrogen and oxygen atoms in total. The van der Waals surface area contributed by atoms with Gasteiger partial charge in [-0.25, -0.2) is 9.98 Å². The van der Waals surface area contributed by atoms with Crippen LogP contribution in [0.2, 0.25) is 0 Å². The molecule has 0 radical (unpaired) electrons. The molecule has 4 heteroatoms. The van der Waals surface area contributed by atoms with Gasteiger partial charge in [-0.1, -0.05) is 91.8 Å². The molecule has 0 saturated carbocycles. The van der Waals surface area contributed by atoms with Crippen LogP contribution in [0.1, 0.15) is 101 Å². The molecule has 0 bridgehead atoms. The summed E-state index contributed by atoms with van der Waals surface area (Å²) in [7, 11) is 0. The van der Waals surface area contributed by atoms with Crippen molar-refractivity contribution in [2.45, 2.75) is 79.1 Å². The van der Waals surface area contributed by atoms with E-state index in [4.69, 9.17) is 19.5 Å². The number of aliphatic imine (C=N–C) groups is 2. The Hall–Kier alpha value is -2.62. The maximum atomic E-state index is 6.03. The van der Waals surface area contributed by atoms with E-state index in [1.807, 2.05) is 0 Å². The number of para-hydroxylation sites is 2. The zero-order chi connectivity index (χ0) is 23.4. The van der Waals surface area contributed by atoms with Gasteiger partial charge in [0, 0.05) is 0 Å². The lowest BCUT2D eigenvalue weighted by atomic mass is 9.93. The predicted molar refractivity (Wildman–Crippen MR) is 135 cm³/mol. The summed E-state index contributed by atoms with van der Waals surface area (Å²) in [5.74, 6) is 2.36. The average molecular weight is 435 g/mol. The van der Waals surface area contributed by atoms with Gasteiger partial charge < -0.3 is 9.47 Å². The van der Waals surface area contributed by atoms with E-state index in [0.29, 0.717) is 48.7 Å². The third kappa shape index (κ3) is 5.23. The Morgan fingerprint density at radius 2 is 0.812 bits per heavy atom. The molecule has 0 aromatic heterocycles. The molecule has 1 fully saturated rings. The third-order valence-corrected chi connectivity index (χ3v) is 5.86. The van der Waals surface area contributed by atoms with E-state index < -0.39 is 0 Å². The van der Waals surface area contributed by atoms with Crippen molar-refractivity contribution in [1.29, 1.82) is 0 Å². The van der Waals surface area contributed by atoms with Crippen molar-refractivity contribution in [2.75, 3.05) is 13.2 Å². The first-order valence-electron chi connectivity index (χ1n) is 11.9. The second-order valence-corrected chi connectivity index (χ2v) is 9.72. The number of ether oxygens (including phenoxy) is 2. The fraction of sp³-hybridized carbons (Fsp3) is 0.500. The Bertz CT molecular complexity index is 866. The smallest absolute Gasteiger partial charge is 0.278 e. The molecular formula is C28H38N2O2. The first-order valence-corrected chi connectivity index (χ1v) is 11.9. The Balaban J connectivity index is 2.20. The van der Waals surface area contributed by atoms with Gasteiger partial charge in [0.05, 0.1) is 11.4 Å². The van der Waals surface area contributed by atoms with Crippen LogP contribution in [0.15, 0.2) is 46.4 Å². The molecule has 172 valence electrons. The molecule has 1 heterocycles. The van der Waals surface area contributed by atoms with Gasteiger partial charge in [-0.3, -0.25) is 0 Å². The number of nitrogens with zero attached hydrogens (tertiary/aromatic N) is 2. The second-order valence-electron chi connectivity index (χ2n) is 9.72. The van der Waals surface area contributed by atoms with Crippen LogP contribution in [0.5, 0.6) is 0 Å². The summed E-state index contributed by atoms with van der Waals surface area (Å²) in [5, 5.41) is 0. The first-order chi connectivity index (χ1) is 15.2. The standard InChI is InChI=1S/C28H38N2O2/c1-17(2)21-11-9-12-22(18(3)4)25(21)29-27-28(32-16-15-31-27)30-26-23(19(5)6)13-10-14-24(26)20(7)8/h9-14,17-20H,15-16H2,1-8H3/b29-27-,30-28+. The maximum absolute atomic E-state index is 6.03. The highest BCUT2D eigenvalue weighted by atomic mass is 16.6. The van der Waals surface area contributed by atoms with E-state index in [1.165, 1.54) is 22.3 Å². The van der Waals surface area contributed by atoms with Crippen molar-refractivity contribution in [1.82, 2.24) is 0 Å². The Kier molecular flexibility index (Phi) is 7.76. The van der Waals surface area contributed by atoms with Crippen molar-refractivity contribution in [2.24, 2.45) is 9.98 Å². The maximum Gasteiger partial charge on any atom is 0.278 e. The summed E-state index contributed by atoms with van der Waals surface area (Å²) >= 11 is 0. The Morgan fingerprint density at radius 1 is 0.531 bits per heavy atom. The topological polar surface area (TPSA) is 43.2 Å². The second kappa shape index (κ2) is 10.3. The minimum Gasteiger partial charge on any atom is -0.470 e. The summed E-state index contributed by atoms with van der Waals surface area (Å²) < 4.78 is 12.1.